The summed E-state index contributed by atoms with van der Waals surface area (Å²) in [4.78, 5) is 10.5. The maximum absolute atomic E-state index is 11.5. The van der Waals surface area contributed by atoms with Crippen molar-refractivity contribution in [1.29, 1.82) is 0 Å². The monoisotopic (exact) mass is 300 g/mol. The lowest BCUT2D eigenvalue weighted by Crippen LogP contribution is -2.09. The van der Waals surface area contributed by atoms with Crippen LogP contribution in [0.5, 0.6) is 5.75 Å². The minimum absolute atomic E-state index is 0.0348. The molecule has 0 aliphatic rings. The highest BCUT2D eigenvalue weighted by Crippen LogP contribution is 2.32. The number of halogens is 1. The van der Waals surface area contributed by atoms with Gasteiger partial charge >= 0.3 is 5.97 Å². The Balaban J connectivity index is 2.62. The van der Waals surface area contributed by atoms with Crippen molar-refractivity contribution in [3.05, 3.63) is 36.4 Å². The quantitative estimate of drug-likeness (QED) is 0.876. The number of hydrogen-bond acceptors (Lipinski definition) is 4. The lowest BCUT2D eigenvalue weighted by Gasteiger charge is -2.09. The largest absolute Gasteiger partial charge is 0.481 e. The first-order valence-corrected chi connectivity index (χ1v) is 7.51. The van der Waals surface area contributed by atoms with Crippen LogP contribution in [0.15, 0.2) is 41.3 Å². The lowest BCUT2D eigenvalue weighted by molar-refractivity contribution is -0.139. The number of hydrogen-bond donors (Lipinski definition) is 1. The Kier molecular flexibility index (Phi) is 3.64. The van der Waals surface area contributed by atoms with Gasteiger partial charge in [-0.1, -0.05) is 24.3 Å². The first-order chi connectivity index (χ1) is 8.89. The highest BCUT2D eigenvalue weighted by molar-refractivity contribution is 8.14. The molecule has 7 heteroatoms. The van der Waals surface area contributed by atoms with Crippen molar-refractivity contribution in [2.75, 3.05) is 6.61 Å². The van der Waals surface area contributed by atoms with E-state index in [0.717, 1.165) is 0 Å². The molecule has 0 spiro atoms. The molecule has 0 heterocycles. The highest BCUT2D eigenvalue weighted by atomic mass is 35.7. The summed E-state index contributed by atoms with van der Waals surface area (Å²) < 4.78 is 28.0. The third-order valence-corrected chi connectivity index (χ3v) is 3.84. The zero-order valence-corrected chi connectivity index (χ0v) is 11.1. The van der Waals surface area contributed by atoms with E-state index in [-0.39, 0.29) is 4.90 Å². The third kappa shape index (κ3) is 2.97. The number of rotatable bonds is 4. The van der Waals surface area contributed by atoms with Gasteiger partial charge in [0, 0.05) is 21.5 Å². The summed E-state index contributed by atoms with van der Waals surface area (Å²) in [7, 11) is 1.48. The van der Waals surface area contributed by atoms with Crippen LogP contribution in [0, 0.1) is 0 Å². The fourth-order valence-electron chi connectivity index (χ4n) is 1.72. The molecule has 0 bridgehead atoms. The minimum Gasteiger partial charge on any atom is -0.481 e. The first-order valence-electron chi connectivity index (χ1n) is 5.20. The first kappa shape index (κ1) is 13.6. The summed E-state index contributed by atoms with van der Waals surface area (Å²) in [5, 5.41) is 9.47. The van der Waals surface area contributed by atoms with Crippen LogP contribution in [-0.2, 0) is 13.8 Å². The number of aliphatic carboxylic acids is 1. The summed E-state index contributed by atoms with van der Waals surface area (Å²) in [6.07, 6.45) is 0. The van der Waals surface area contributed by atoms with E-state index in [1.807, 2.05) is 0 Å². The van der Waals surface area contributed by atoms with Gasteiger partial charge in [-0.3, -0.25) is 0 Å². The molecule has 2 aromatic rings. The predicted molar refractivity (Wildman–Crippen MR) is 70.1 cm³/mol. The zero-order valence-electron chi connectivity index (χ0n) is 9.54. The Hall–Kier alpha value is -1.79. The van der Waals surface area contributed by atoms with E-state index in [4.69, 9.17) is 20.5 Å². The Morgan fingerprint density at radius 3 is 2.37 bits per heavy atom. The molecule has 0 aliphatic heterocycles. The molecule has 2 aromatic carbocycles. The number of fused-ring (bicyclic) bond motifs is 1. The normalized spacial score (nSPS) is 11.4. The topological polar surface area (TPSA) is 80.7 Å². The maximum Gasteiger partial charge on any atom is 0.341 e. The average Bonchev–Trinajstić information content (AvgIpc) is 2.34. The van der Waals surface area contributed by atoms with Gasteiger partial charge in [0.15, 0.2) is 6.61 Å². The van der Waals surface area contributed by atoms with Crippen LogP contribution in [0.4, 0.5) is 0 Å². The van der Waals surface area contributed by atoms with Crippen LogP contribution < -0.4 is 4.74 Å². The van der Waals surface area contributed by atoms with Crippen molar-refractivity contribution < 1.29 is 23.1 Å². The molecule has 0 aliphatic carbocycles. The SMILES string of the molecule is O=C(O)COc1ccc(S(=O)(=O)Cl)c2ccccc12. The highest BCUT2D eigenvalue weighted by Gasteiger charge is 2.16. The molecule has 0 radical (unpaired) electrons. The molecule has 19 heavy (non-hydrogen) atoms. The molecule has 0 unspecified atom stereocenters. The lowest BCUT2D eigenvalue weighted by atomic mass is 10.1. The summed E-state index contributed by atoms with van der Waals surface area (Å²) in [5.41, 5.74) is 0. The van der Waals surface area contributed by atoms with Crippen LogP contribution in [-0.4, -0.2) is 26.1 Å². The average molecular weight is 301 g/mol. The standard InChI is InChI=1S/C12H9ClO5S/c13-19(16,17)11-6-5-10(18-7-12(14)15)8-3-1-2-4-9(8)11/h1-6H,7H2,(H,14,15). The molecule has 0 atom stereocenters. The van der Waals surface area contributed by atoms with E-state index in [1.165, 1.54) is 12.1 Å². The number of carbonyl (C=O) groups is 1. The molecule has 0 fully saturated rings. The van der Waals surface area contributed by atoms with Gasteiger partial charge in [-0.2, -0.15) is 0 Å². The zero-order chi connectivity index (χ0) is 14.0. The molecule has 0 amide bonds. The van der Waals surface area contributed by atoms with Crippen LogP contribution >= 0.6 is 10.7 Å². The van der Waals surface area contributed by atoms with E-state index in [2.05, 4.69) is 0 Å². The molecule has 1 N–H and O–H groups in total. The third-order valence-electron chi connectivity index (χ3n) is 2.46. The minimum atomic E-state index is -3.88. The second-order valence-electron chi connectivity index (χ2n) is 3.73. The Bertz CT molecular complexity index is 739. The van der Waals surface area contributed by atoms with Crippen molar-refractivity contribution in [3.63, 3.8) is 0 Å². The van der Waals surface area contributed by atoms with E-state index in [9.17, 15) is 13.2 Å². The Morgan fingerprint density at radius 2 is 1.79 bits per heavy atom. The van der Waals surface area contributed by atoms with Crippen molar-refractivity contribution in [1.82, 2.24) is 0 Å². The predicted octanol–water partition coefficient (Wildman–Crippen LogP) is 2.23. The van der Waals surface area contributed by atoms with E-state index >= 15 is 0 Å². The smallest absolute Gasteiger partial charge is 0.341 e. The fourth-order valence-corrected chi connectivity index (χ4v) is 2.80. The van der Waals surface area contributed by atoms with E-state index in [1.54, 1.807) is 24.3 Å². The van der Waals surface area contributed by atoms with E-state index in [0.29, 0.717) is 16.5 Å². The molecular weight excluding hydrogens is 292 g/mol. The van der Waals surface area contributed by atoms with Crippen LogP contribution in [0.2, 0.25) is 0 Å². The van der Waals surface area contributed by atoms with Crippen molar-refractivity contribution >= 4 is 36.5 Å². The fraction of sp³-hybridized carbons (Fsp3) is 0.0833. The Morgan fingerprint density at radius 1 is 1.16 bits per heavy atom. The molecule has 0 saturated heterocycles. The van der Waals surface area contributed by atoms with Gasteiger partial charge in [-0.05, 0) is 12.1 Å². The van der Waals surface area contributed by atoms with Crippen LogP contribution in [0.1, 0.15) is 0 Å². The van der Waals surface area contributed by atoms with Gasteiger partial charge in [-0.25, -0.2) is 13.2 Å². The van der Waals surface area contributed by atoms with Crippen molar-refractivity contribution in [2.45, 2.75) is 4.90 Å². The number of benzene rings is 2. The summed E-state index contributed by atoms with van der Waals surface area (Å²) >= 11 is 0. The van der Waals surface area contributed by atoms with Crippen LogP contribution in [0.3, 0.4) is 0 Å². The van der Waals surface area contributed by atoms with Gasteiger partial charge in [0.05, 0.1) is 4.90 Å². The van der Waals surface area contributed by atoms with Gasteiger partial charge in [0.2, 0.25) is 0 Å². The Labute approximate surface area is 113 Å². The summed E-state index contributed by atoms with van der Waals surface area (Å²) in [6, 6.07) is 9.26. The molecule has 5 nitrogen and oxygen atoms in total. The second-order valence-corrected chi connectivity index (χ2v) is 6.26. The van der Waals surface area contributed by atoms with Crippen molar-refractivity contribution in [3.8, 4) is 5.75 Å². The maximum atomic E-state index is 11.5. The molecule has 2 rings (SSSR count). The number of carboxylic acids is 1. The summed E-state index contributed by atoms with van der Waals surface area (Å²) in [5.74, 6) is -0.819. The number of ether oxygens (including phenoxy) is 1. The van der Waals surface area contributed by atoms with Gasteiger partial charge in [-0.15, -0.1) is 0 Å². The molecule has 0 saturated carbocycles. The molecular formula is C12H9ClO5S. The van der Waals surface area contributed by atoms with Crippen LogP contribution in [0.25, 0.3) is 10.8 Å². The van der Waals surface area contributed by atoms with Gasteiger partial charge in [0.1, 0.15) is 5.75 Å². The number of carboxylic acid groups (broad SMARTS) is 1. The molecule has 100 valence electrons. The second kappa shape index (κ2) is 5.07. The van der Waals surface area contributed by atoms with E-state index < -0.39 is 21.6 Å². The van der Waals surface area contributed by atoms with Gasteiger partial charge in [0.25, 0.3) is 9.05 Å². The summed E-state index contributed by atoms with van der Waals surface area (Å²) in [6.45, 7) is -0.503. The van der Waals surface area contributed by atoms with Gasteiger partial charge < -0.3 is 9.84 Å². The van der Waals surface area contributed by atoms with Crippen molar-refractivity contribution in [2.24, 2.45) is 0 Å². The molecule has 0 aromatic heterocycles.